The van der Waals surface area contributed by atoms with Gasteiger partial charge in [0.05, 0.1) is 0 Å². The number of hydrogen-bond acceptors (Lipinski definition) is 2. The maximum absolute atomic E-state index is 13.8. The van der Waals surface area contributed by atoms with Gasteiger partial charge >= 0.3 is 0 Å². The summed E-state index contributed by atoms with van der Waals surface area (Å²) in [5, 5.41) is 0. The van der Waals surface area contributed by atoms with E-state index in [-0.39, 0.29) is 5.82 Å². The Balaban J connectivity index is 1.98. The molecule has 0 saturated carbocycles. The fraction of sp³-hybridized carbons (Fsp3) is 0.571. The van der Waals surface area contributed by atoms with E-state index >= 15 is 0 Å². The van der Waals surface area contributed by atoms with Crippen LogP contribution in [0.25, 0.3) is 0 Å². The van der Waals surface area contributed by atoms with E-state index in [9.17, 15) is 4.39 Å². The van der Waals surface area contributed by atoms with Crippen molar-refractivity contribution < 1.29 is 4.39 Å². The number of nitrogens with two attached hydrogens (primary N) is 1. The van der Waals surface area contributed by atoms with Gasteiger partial charge in [-0.3, -0.25) is 0 Å². The molecule has 92 valence electrons. The van der Waals surface area contributed by atoms with E-state index in [1.807, 2.05) is 6.07 Å². The predicted molar refractivity (Wildman–Crippen MR) is 67.6 cm³/mol. The number of benzene rings is 1. The zero-order valence-electron chi connectivity index (χ0n) is 10.0. The van der Waals surface area contributed by atoms with Gasteiger partial charge in [0.2, 0.25) is 0 Å². The van der Waals surface area contributed by atoms with Crippen molar-refractivity contribution in [1.82, 2.24) is 0 Å². The molecule has 0 aliphatic carbocycles. The zero-order chi connectivity index (χ0) is 11.8. The summed E-state index contributed by atoms with van der Waals surface area (Å²) in [5.74, 6) is 0.538. The third-order valence-electron chi connectivity index (χ3n) is 4.31. The van der Waals surface area contributed by atoms with Crippen molar-refractivity contribution in [3.63, 3.8) is 0 Å². The molecule has 2 heterocycles. The van der Waals surface area contributed by atoms with Crippen LogP contribution in [0.1, 0.15) is 24.8 Å². The first-order valence-electron chi connectivity index (χ1n) is 6.55. The van der Waals surface area contributed by atoms with Crippen LogP contribution >= 0.6 is 0 Å². The lowest BCUT2D eigenvalue weighted by Crippen LogP contribution is -2.50. The van der Waals surface area contributed by atoms with Crippen LogP contribution in [0.3, 0.4) is 0 Å². The average Bonchev–Trinajstić information content (AvgIpc) is 2.38. The summed E-state index contributed by atoms with van der Waals surface area (Å²) in [6.45, 7) is 1.81. The number of anilines is 1. The molecule has 3 rings (SSSR count). The fourth-order valence-corrected chi connectivity index (χ4v) is 3.46. The topological polar surface area (TPSA) is 29.3 Å². The van der Waals surface area contributed by atoms with Crippen LogP contribution in [0.15, 0.2) is 18.2 Å². The minimum absolute atomic E-state index is 0.0455. The summed E-state index contributed by atoms with van der Waals surface area (Å²) < 4.78 is 13.8. The van der Waals surface area contributed by atoms with Crippen molar-refractivity contribution in [2.45, 2.75) is 31.7 Å². The van der Waals surface area contributed by atoms with E-state index in [0.717, 1.165) is 37.2 Å². The number of rotatable bonds is 1. The van der Waals surface area contributed by atoms with Crippen LogP contribution < -0.4 is 10.6 Å². The lowest BCUT2D eigenvalue weighted by molar-refractivity contribution is 0.304. The minimum Gasteiger partial charge on any atom is -0.368 e. The molecule has 1 aromatic carbocycles. The Bertz CT molecular complexity index is 419. The molecule has 2 unspecified atom stereocenters. The summed E-state index contributed by atoms with van der Waals surface area (Å²) in [5.41, 5.74) is 7.87. The maximum Gasteiger partial charge on any atom is 0.128 e. The molecule has 1 aromatic rings. The molecule has 0 aromatic heterocycles. The second kappa shape index (κ2) is 4.30. The smallest absolute Gasteiger partial charge is 0.128 e. The van der Waals surface area contributed by atoms with E-state index in [0.29, 0.717) is 12.0 Å². The molecule has 0 radical (unpaired) electrons. The summed E-state index contributed by atoms with van der Waals surface area (Å²) in [7, 11) is 0. The molecule has 2 aliphatic rings. The predicted octanol–water partition coefficient (Wildman–Crippen LogP) is 2.32. The van der Waals surface area contributed by atoms with Crippen LogP contribution in [-0.4, -0.2) is 19.1 Å². The van der Waals surface area contributed by atoms with Gasteiger partial charge < -0.3 is 10.6 Å². The quantitative estimate of drug-likeness (QED) is 0.808. The molecular formula is C14H19FN2. The highest BCUT2D eigenvalue weighted by atomic mass is 19.1. The minimum atomic E-state index is -0.0455. The van der Waals surface area contributed by atoms with Crippen molar-refractivity contribution in [2.75, 3.05) is 18.0 Å². The number of halogens is 1. The molecule has 0 bridgehead atoms. The largest absolute Gasteiger partial charge is 0.368 e. The van der Waals surface area contributed by atoms with Gasteiger partial charge in [-0.2, -0.15) is 0 Å². The van der Waals surface area contributed by atoms with E-state index < -0.39 is 0 Å². The van der Waals surface area contributed by atoms with Crippen molar-refractivity contribution >= 4 is 5.69 Å². The van der Waals surface area contributed by atoms with Gasteiger partial charge in [0.1, 0.15) is 5.82 Å². The lowest BCUT2D eigenvalue weighted by Gasteiger charge is -2.46. The van der Waals surface area contributed by atoms with Crippen LogP contribution in [-0.2, 0) is 6.42 Å². The van der Waals surface area contributed by atoms with Gasteiger partial charge in [-0.1, -0.05) is 6.07 Å². The Hall–Kier alpha value is -1.09. The fourth-order valence-electron chi connectivity index (χ4n) is 3.46. The van der Waals surface area contributed by atoms with Crippen LogP contribution in [0.2, 0.25) is 0 Å². The van der Waals surface area contributed by atoms with Crippen molar-refractivity contribution in [1.29, 1.82) is 0 Å². The highest BCUT2D eigenvalue weighted by Gasteiger charge is 2.35. The van der Waals surface area contributed by atoms with Gasteiger partial charge in [-0.15, -0.1) is 0 Å². The van der Waals surface area contributed by atoms with Crippen molar-refractivity contribution in [2.24, 2.45) is 11.7 Å². The molecule has 0 amide bonds. The second-order valence-electron chi connectivity index (χ2n) is 5.17. The Morgan fingerprint density at radius 2 is 2.24 bits per heavy atom. The van der Waals surface area contributed by atoms with Gasteiger partial charge in [0.25, 0.3) is 0 Å². The highest BCUT2D eigenvalue weighted by molar-refractivity contribution is 5.57. The summed E-state index contributed by atoms with van der Waals surface area (Å²) in [4.78, 5) is 2.39. The summed E-state index contributed by atoms with van der Waals surface area (Å²) in [6, 6.07) is 5.98. The normalized spacial score (nSPS) is 27.5. The molecule has 2 aliphatic heterocycles. The van der Waals surface area contributed by atoms with Crippen LogP contribution in [0.5, 0.6) is 0 Å². The molecule has 17 heavy (non-hydrogen) atoms. The summed E-state index contributed by atoms with van der Waals surface area (Å²) >= 11 is 0. The molecule has 2 atom stereocenters. The van der Waals surface area contributed by atoms with Gasteiger partial charge in [-0.05, 0) is 50.3 Å². The number of piperidine rings is 1. The highest BCUT2D eigenvalue weighted by Crippen LogP contribution is 2.38. The number of fused-ring (bicyclic) bond motifs is 3. The molecule has 3 heteroatoms. The third kappa shape index (κ3) is 1.73. The van der Waals surface area contributed by atoms with Gasteiger partial charge in [-0.25, -0.2) is 4.39 Å². The average molecular weight is 234 g/mol. The Kier molecular flexibility index (Phi) is 2.79. The molecule has 1 saturated heterocycles. The van der Waals surface area contributed by atoms with Crippen LogP contribution in [0.4, 0.5) is 10.1 Å². The monoisotopic (exact) mass is 234 g/mol. The second-order valence-corrected chi connectivity index (χ2v) is 5.17. The number of hydrogen-bond donors (Lipinski definition) is 1. The molecule has 2 nitrogen and oxygen atoms in total. The van der Waals surface area contributed by atoms with E-state index in [1.165, 1.54) is 12.8 Å². The van der Waals surface area contributed by atoms with Gasteiger partial charge in [0.15, 0.2) is 0 Å². The zero-order valence-corrected chi connectivity index (χ0v) is 10.0. The van der Waals surface area contributed by atoms with Gasteiger partial charge in [0, 0.05) is 23.8 Å². The number of nitrogens with zero attached hydrogens (tertiary/aromatic N) is 1. The third-order valence-corrected chi connectivity index (χ3v) is 4.31. The lowest BCUT2D eigenvalue weighted by atomic mass is 9.82. The standard InChI is InChI=1S/C14H19FN2/c15-12-4-1-5-14-11(12)6-7-13-10(9-16)3-2-8-17(13)14/h1,4-5,10,13H,2-3,6-9,16H2. The maximum atomic E-state index is 13.8. The Morgan fingerprint density at radius 1 is 1.35 bits per heavy atom. The Labute approximate surface area is 102 Å². The van der Waals surface area contributed by atoms with E-state index in [4.69, 9.17) is 5.73 Å². The first-order valence-corrected chi connectivity index (χ1v) is 6.55. The van der Waals surface area contributed by atoms with E-state index in [2.05, 4.69) is 11.0 Å². The first-order chi connectivity index (χ1) is 8.31. The molecule has 0 spiro atoms. The molecular weight excluding hydrogens is 215 g/mol. The Morgan fingerprint density at radius 3 is 3.06 bits per heavy atom. The molecule has 2 N–H and O–H groups in total. The molecule has 1 fully saturated rings. The first kappa shape index (κ1) is 11.0. The van der Waals surface area contributed by atoms with Crippen molar-refractivity contribution in [3.8, 4) is 0 Å². The van der Waals surface area contributed by atoms with Crippen molar-refractivity contribution in [3.05, 3.63) is 29.6 Å². The summed E-state index contributed by atoms with van der Waals surface area (Å²) in [6.07, 6.45) is 4.31. The SMILES string of the molecule is NCC1CCCN2c3cccc(F)c3CCC12. The van der Waals surface area contributed by atoms with Crippen LogP contribution in [0, 0.1) is 11.7 Å². The van der Waals surface area contributed by atoms with E-state index in [1.54, 1.807) is 6.07 Å².